The first-order valence-electron chi connectivity index (χ1n) is 11.9. The van der Waals surface area contributed by atoms with Gasteiger partial charge in [0.25, 0.3) is 0 Å². The number of likely N-dealkylation sites (tertiary alicyclic amines) is 1. The van der Waals surface area contributed by atoms with Crippen molar-refractivity contribution in [2.45, 2.75) is 38.5 Å². The molecule has 1 aromatic carbocycles. The zero-order valence-electron chi connectivity index (χ0n) is 19.2. The number of carbonyl (C=O) groups excluding carboxylic acids is 2. The summed E-state index contributed by atoms with van der Waals surface area (Å²) in [6.45, 7) is 5.35. The molecule has 1 N–H and O–H groups in total. The molecule has 2 atom stereocenters. The Morgan fingerprint density at radius 2 is 2.09 bits per heavy atom. The monoisotopic (exact) mass is 443 g/mol. The van der Waals surface area contributed by atoms with E-state index in [1.807, 2.05) is 35.4 Å². The largest absolute Gasteiger partial charge is 0.352 e. The van der Waals surface area contributed by atoms with E-state index in [4.69, 9.17) is 0 Å². The van der Waals surface area contributed by atoms with Crippen molar-refractivity contribution >= 4 is 11.8 Å². The Kier molecular flexibility index (Phi) is 7.38. The normalized spacial score (nSPS) is 22.5. The number of hydrogen-bond acceptors (Lipinski definition) is 3. The number of piperidine rings is 1. The molecule has 1 saturated heterocycles. The first-order chi connectivity index (χ1) is 16.1. The molecular weight excluding hydrogens is 410 g/mol. The fourth-order valence-electron chi connectivity index (χ4n) is 5.20. The molecular formula is C28H33N3O2. The van der Waals surface area contributed by atoms with Gasteiger partial charge in [-0.05, 0) is 55.7 Å². The van der Waals surface area contributed by atoms with Crippen LogP contribution in [0.3, 0.4) is 0 Å². The van der Waals surface area contributed by atoms with Crippen LogP contribution in [0.5, 0.6) is 0 Å². The van der Waals surface area contributed by atoms with Gasteiger partial charge in [-0.1, -0.05) is 48.6 Å². The maximum atomic E-state index is 13.6. The van der Waals surface area contributed by atoms with Crippen molar-refractivity contribution in [1.29, 1.82) is 0 Å². The van der Waals surface area contributed by atoms with Crippen LogP contribution in [0, 0.1) is 11.3 Å². The number of nitrogens with one attached hydrogen (secondary N) is 1. The van der Waals surface area contributed by atoms with E-state index in [1.54, 1.807) is 12.3 Å². The Hall–Kier alpha value is -3.21. The van der Waals surface area contributed by atoms with Crippen LogP contribution in [0.2, 0.25) is 0 Å². The molecule has 2 amide bonds. The summed E-state index contributed by atoms with van der Waals surface area (Å²) < 4.78 is 0. The predicted octanol–water partition coefficient (Wildman–Crippen LogP) is 4.56. The van der Waals surface area contributed by atoms with Gasteiger partial charge in [-0.25, -0.2) is 0 Å². The summed E-state index contributed by atoms with van der Waals surface area (Å²) in [6.07, 6.45) is 14.4. The number of hydrogen-bond donors (Lipinski definition) is 1. The van der Waals surface area contributed by atoms with Gasteiger partial charge in [0.1, 0.15) is 0 Å². The van der Waals surface area contributed by atoms with E-state index in [9.17, 15) is 9.59 Å². The second kappa shape index (κ2) is 10.6. The first-order valence-corrected chi connectivity index (χ1v) is 11.9. The molecule has 2 heterocycles. The molecule has 0 radical (unpaired) electrons. The highest BCUT2D eigenvalue weighted by molar-refractivity contribution is 5.86. The number of aromatic nitrogens is 1. The Morgan fingerprint density at radius 1 is 1.21 bits per heavy atom. The van der Waals surface area contributed by atoms with Crippen molar-refractivity contribution in [2.75, 3.05) is 19.6 Å². The molecule has 1 aliphatic carbocycles. The van der Waals surface area contributed by atoms with Crippen molar-refractivity contribution in [3.8, 4) is 11.1 Å². The van der Waals surface area contributed by atoms with E-state index in [-0.39, 0.29) is 17.7 Å². The molecule has 33 heavy (non-hydrogen) atoms. The summed E-state index contributed by atoms with van der Waals surface area (Å²) >= 11 is 0. The lowest BCUT2D eigenvalue weighted by atomic mass is 9.72. The zero-order valence-corrected chi connectivity index (χ0v) is 19.2. The van der Waals surface area contributed by atoms with E-state index in [1.165, 1.54) is 0 Å². The number of pyridine rings is 1. The van der Waals surface area contributed by atoms with Gasteiger partial charge in [0.2, 0.25) is 11.8 Å². The average Bonchev–Trinajstić information content (AvgIpc) is 2.88. The van der Waals surface area contributed by atoms with Crippen molar-refractivity contribution in [3.63, 3.8) is 0 Å². The minimum absolute atomic E-state index is 0.00410. The van der Waals surface area contributed by atoms with E-state index in [0.29, 0.717) is 19.5 Å². The lowest BCUT2D eigenvalue weighted by Crippen LogP contribution is -2.55. The quantitative estimate of drug-likeness (QED) is 0.638. The Bertz CT molecular complexity index is 1020. The summed E-state index contributed by atoms with van der Waals surface area (Å²) in [5.41, 5.74) is 2.56. The van der Waals surface area contributed by atoms with Crippen molar-refractivity contribution in [3.05, 3.63) is 79.2 Å². The van der Waals surface area contributed by atoms with Crippen LogP contribution >= 0.6 is 0 Å². The van der Waals surface area contributed by atoms with Gasteiger partial charge >= 0.3 is 0 Å². The summed E-state index contributed by atoms with van der Waals surface area (Å²) in [7, 11) is 0. The molecule has 1 aromatic heterocycles. The van der Waals surface area contributed by atoms with Crippen LogP contribution in [0.1, 0.15) is 37.7 Å². The number of rotatable bonds is 7. The van der Waals surface area contributed by atoms with Crippen molar-refractivity contribution in [2.24, 2.45) is 11.3 Å². The van der Waals surface area contributed by atoms with Crippen LogP contribution in [0.4, 0.5) is 0 Å². The summed E-state index contributed by atoms with van der Waals surface area (Å²) in [6, 6.07) is 12.2. The van der Waals surface area contributed by atoms with Gasteiger partial charge in [0.05, 0.1) is 5.41 Å². The average molecular weight is 444 g/mol. The highest BCUT2D eigenvalue weighted by atomic mass is 16.2. The van der Waals surface area contributed by atoms with Crippen molar-refractivity contribution in [1.82, 2.24) is 15.2 Å². The maximum absolute atomic E-state index is 13.6. The van der Waals surface area contributed by atoms with Gasteiger partial charge in [-0.2, -0.15) is 0 Å². The number of benzene rings is 1. The Balaban J connectivity index is 1.64. The van der Waals surface area contributed by atoms with Crippen LogP contribution in [0.25, 0.3) is 11.1 Å². The predicted molar refractivity (Wildman–Crippen MR) is 131 cm³/mol. The smallest absolute Gasteiger partial charge is 0.228 e. The molecule has 0 unspecified atom stereocenters. The molecule has 5 nitrogen and oxygen atoms in total. The van der Waals surface area contributed by atoms with Crippen molar-refractivity contribution < 1.29 is 9.59 Å². The SMILES string of the molecule is C=CCNC(=O)[C@@]1(Cc2ccccc2-c2cccnc2)CCCN(C(=O)[C@@H]2CC=CCC2)C1. The molecule has 4 rings (SSSR count). The first kappa shape index (κ1) is 23.0. The standard InChI is InChI=1S/C28H33N3O2/c1-2-16-30-27(33)28(15-9-18-31(21-28)26(32)22-10-4-3-5-11-22)19-23-12-6-7-14-25(23)24-13-8-17-29-20-24/h2-4,6-8,12-14,17,20,22H,1,5,9-11,15-16,18-19,21H2,(H,30,33)/t22-,28-/m1/s1. The van der Waals surface area contributed by atoms with Gasteiger partial charge in [0, 0.05) is 43.5 Å². The topological polar surface area (TPSA) is 62.3 Å². The molecule has 5 heteroatoms. The molecule has 0 bridgehead atoms. The molecule has 0 saturated carbocycles. The third-order valence-corrected chi connectivity index (χ3v) is 6.91. The lowest BCUT2D eigenvalue weighted by molar-refractivity contribution is -0.144. The number of carbonyl (C=O) groups is 2. The second-order valence-electron chi connectivity index (χ2n) is 9.20. The van der Waals surface area contributed by atoms with Crippen LogP contribution in [-0.2, 0) is 16.0 Å². The minimum atomic E-state index is -0.667. The highest BCUT2D eigenvalue weighted by Crippen LogP contribution is 2.38. The third kappa shape index (κ3) is 5.24. The van der Waals surface area contributed by atoms with E-state index in [0.717, 1.165) is 55.3 Å². The van der Waals surface area contributed by atoms with Gasteiger partial charge < -0.3 is 10.2 Å². The molecule has 0 spiro atoms. The molecule has 2 aromatic rings. The molecule has 1 aliphatic heterocycles. The van der Waals surface area contributed by atoms with E-state index < -0.39 is 5.41 Å². The van der Waals surface area contributed by atoms with Gasteiger partial charge in [0.15, 0.2) is 0 Å². The second-order valence-corrected chi connectivity index (χ2v) is 9.20. The number of allylic oxidation sites excluding steroid dienone is 2. The summed E-state index contributed by atoms with van der Waals surface area (Å²) in [5, 5.41) is 3.04. The summed E-state index contributed by atoms with van der Waals surface area (Å²) in [5.74, 6) is 0.231. The van der Waals surface area contributed by atoms with Crippen LogP contribution in [-0.4, -0.2) is 41.3 Å². The highest BCUT2D eigenvalue weighted by Gasteiger charge is 2.44. The Labute approximate surface area is 196 Å². The zero-order chi connectivity index (χ0) is 23.1. The fraction of sp³-hybridized carbons (Fsp3) is 0.393. The minimum Gasteiger partial charge on any atom is -0.352 e. The fourth-order valence-corrected chi connectivity index (χ4v) is 5.20. The van der Waals surface area contributed by atoms with Gasteiger partial charge in [-0.15, -0.1) is 6.58 Å². The molecule has 172 valence electrons. The maximum Gasteiger partial charge on any atom is 0.228 e. The van der Waals surface area contributed by atoms with Gasteiger partial charge in [-0.3, -0.25) is 14.6 Å². The molecule has 2 aliphatic rings. The Morgan fingerprint density at radius 3 is 2.85 bits per heavy atom. The number of amides is 2. The molecule has 1 fully saturated rings. The summed E-state index contributed by atoms with van der Waals surface area (Å²) in [4.78, 5) is 33.1. The van der Waals surface area contributed by atoms with Crippen LogP contribution < -0.4 is 5.32 Å². The lowest BCUT2D eigenvalue weighted by Gasteiger charge is -2.43. The van der Waals surface area contributed by atoms with E-state index in [2.05, 4.69) is 41.2 Å². The van der Waals surface area contributed by atoms with Crippen LogP contribution in [0.15, 0.2) is 73.6 Å². The number of nitrogens with zero attached hydrogens (tertiary/aromatic N) is 2. The van der Waals surface area contributed by atoms with E-state index >= 15 is 0 Å². The third-order valence-electron chi connectivity index (χ3n) is 6.91.